The monoisotopic (exact) mass is 558 g/mol. The second kappa shape index (κ2) is 8.82. The molecule has 1 amide bonds. The molecule has 0 spiro atoms. The minimum Gasteiger partial charge on any atom is -0.465 e. The molecule has 0 aliphatic heterocycles. The fourth-order valence-electron chi connectivity index (χ4n) is 3.48. The van der Waals surface area contributed by atoms with Crippen LogP contribution in [-0.2, 0) is 11.3 Å². The van der Waals surface area contributed by atoms with Crippen molar-refractivity contribution in [3.05, 3.63) is 62.8 Å². The molecule has 0 aliphatic rings. The van der Waals surface area contributed by atoms with Gasteiger partial charge in [-0.05, 0) is 47.1 Å². The Kier molecular flexibility index (Phi) is 5.84. The number of thiophene rings is 1. The van der Waals surface area contributed by atoms with Gasteiger partial charge in [0.05, 0.1) is 22.3 Å². The number of benzene rings is 1. The number of nitrogens with one attached hydrogen (secondary N) is 1. The van der Waals surface area contributed by atoms with Gasteiger partial charge in [0.1, 0.15) is 10.6 Å². The van der Waals surface area contributed by atoms with Crippen LogP contribution in [0.4, 0.5) is 5.69 Å². The molecule has 0 unspecified atom stereocenters. The van der Waals surface area contributed by atoms with Crippen molar-refractivity contribution >= 4 is 72.2 Å². The van der Waals surface area contributed by atoms with Gasteiger partial charge in [0.25, 0.3) is 5.91 Å². The lowest BCUT2D eigenvalue weighted by Gasteiger charge is -2.03. The molecular weight excluding hydrogens is 544 g/mol. The van der Waals surface area contributed by atoms with Gasteiger partial charge >= 0.3 is 5.97 Å². The van der Waals surface area contributed by atoms with Crippen molar-refractivity contribution in [2.24, 2.45) is 0 Å². The summed E-state index contributed by atoms with van der Waals surface area (Å²) in [5, 5.41) is 12.9. The van der Waals surface area contributed by atoms with E-state index in [9.17, 15) is 9.59 Å². The Balaban J connectivity index is 1.46. The van der Waals surface area contributed by atoms with Crippen molar-refractivity contribution in [1.82, 2.24) is 24.4 Å². The highest BCUT2D eigenvalue weighted by Gasteiger charge is 2.20. The topological polar surface area (TPSA) is 103 Å². The Labute approximate surface area is 210 Å². The van der Waals surface area contributed by atoms with E-state index in [-0.39, 0.29) is 5.69 Å². The van der Waals surface area contributed by atoms with E-state index < -0.39 is 11.9 Å². The van der Waals surface area contributed by atoms with Crippen molar-refractivity contribution < 1.29 is 14.3 Å². The lowest BCUT2D eigenvalue weighted by molar-refractivity contribution is 0.0606. The van der Waals surface area contributed by atoms with Crippen LogP contribution >= 0.6 is 38.9 Å². The average Bonchev–Trinajstić information content (AvgIpc) is 3.53. The number of esters is 1. The maximum Gasteiger partial charge on any atom is 0.349 e. The molecule has 4 aromatic heterocycles. The van der Waals surface area contributed by atoms with Crippen molar-refractivity contribution in [2.45, 2.75) is 13.5 Å². The Hall–Kier alpha value is -3.28. The number of rotatable bonds is 5. The summed E-state index contributed by atoms with van der Waals surface area (Å²) in [5.41, 5.74) is 2.66. The summed E-state index contributed by atoms with van der Waals surface area (Å²) >= 11 is 11.0. The van der Waals surface area contributed by atoms with Gasteiger partial charge in [-0.15, -0.1) is 11.3 Å². The van der Waals surface area contributed by atoms with Gasteiger partial charge in [-0.3, -0.25) is 9.48 Å². The van der Waals surface area contributed by atoms with Gasteiger partial charge < -0.3 is 10.1 Å². The van der Waals surface area contributed by atoms with E-state index in [0.29, 0.717) is 38.0 Å². The van der Waals surface area contributed by atoms with E-state index in [4.69, 9.17) is 16.3 Å². The van der Waals surface area contributed by atoms with E-state index in [1.165, 1.54) is 18.4 Å². The number of carbonyl (C=O) groups is 2. The highest BCUT2D eigenvalue weighted by Crippen LogP contribution is 2.37. The smallest absolute Gasteiger partial charge is 0.349 e. The number of hydrogen-bond donors (Lipinski definition) is 1. The number of fused-ring (bicyclic) bond motifs is 2. The third-order valence-electron chi connectivity index (χ3n) is 5.13. The summed E-state index contributed by atoms with van der Waals surface area (Å²) in [7, 11) is 1.30. The van der Waals surface area contributed by atoms with Crippen molar-refractivity contribution in [2.75, 3.05) is 12.4 Å². The molecule has 172 valence electrons. The quantitative estimate of drug-likeness (QED) is 0.294. The molecule has 1 aromatic carbocycles. The van der Waals surface area contributed by atoms with Crippen LogP contribution in [-0.4, -0.2) is 43.4 Å². The Morgan fingerprint density at radius 3 is 2.79 bits per heavy atom. The summed E-state index contributed by atoms with van der Waals surface area (Å²) < 4.78 is 9.74. The van der Waals surface area contributed by atoms with Crippen LogP contribution in [0.15, 0.2) is 47.2 Å². The van der Waals surface area contributed by atoms with Crippen LogP contribution in [0.3, 0.4) is 0 Å². The summed E-state index contributed by atoms with van der Waals surface area (Å²) in [5.74, 6) is -0.898. The zero-order chi connectivity index (χ0) is 24.0. The van der Waals surface area contributed by atoms with Crippen LogP contribution < -0.4 is 5.32 Å². The summed E-state index contributed by atoms with van der Waals surface area (Å²) in [6.07, 6.45) is 3.54. The molecule has 9 nitrogen and oxygen atoms in total. The predicted molar refractivity (Wildman–Crippen MR) is 134 cm³/mol. The zero-order valence-electron chi connectivity index (χ0n) is 17.9. The predicted octanol–water partition coefficient (Wildman–Crippen LogP) is 5.28. The number of hydrogen-bond acceptors (Lipinski definition) is 7. The number of amides is 1. The minimum absolute atomic E-state index is 0.200. The van der Waals surface area contributed by atoms with E-state index in [1.807, 2.05) is 13.1 Å². The largest absolute Gasteiger partial charge is 0.465 e. The number of ether oxygens (including phenoxy) is 1. The Morgan fingerprint density at radius 2 is 2.06 bits per heavy atom. The molecule has 12 heteroatoms. The van der Waals surface area contributed by atoms with Crippen LogP contribution in [0, 0.1) is 0 Å². The molecular formula is C22H16BrClN6O3S. The molecule has 0 fully saturated rings. The second-order valence-electron chi connectivity index (χ2n) is 7.21. The Morgan fingerprint density at radius 1 is 1.24 bits per heavy atom. The molecule has 34 heavy (non-hydrogen) atoms. The highest BCUT2D eigenvalue weighted by molar-refractivity contribution is 9.10. The van der Waals surface area contributed by atoms with Crippen molar-refractivity contribution in [3.63, 3.8) is 0 Å². The first-order valence-corrected chi connectivity index (χ1v) is 12.1. The normalized spacial score (nSPS) is 11.3. The SMILES string of the molecule is CCn1cc(Br)c(-c2ccnc3cc(C(=O)Nc4ccc5c(Cl)c(C(=O)OC)sc5c4)nn23)n1. The molecule has 1 N–H and O–H groups in total. The standard InChI is InChI=1S/C22H16BrClN6O3S/c1-3-29-10-13(23)19(28-29)15-6-7-25-17-9-14(27-30(15)17)21(31)26-11-4-5-12-16(8-11)34-20(18(12)24)22(32)33-2/h4-10H,3H2,1-2H3,(H,26,31). The van der Waals surface area contributed by atoms with Gasteiger partial charge in [0.2, 0.25) is 0 Å². The second-order valence-corrected chi connectivity index (χ2v) is 9.50. The van der Waals surface area contributed by atoms with E-state index in [0.717, 1.165) is 15.7 Å². The van der Waals surface area contributed by atoms with E-state index in [1.54, 1.807) is 45.7 Å². The fourth-order valence-corrected chi connectivity index (χ4v) is 5.46. The first-order valence-electron chi connectivity index (χ1n) is 10.1. The number of carbonyl (C=O) groups excluding carboxylic acids is 2. The first kappa shape index (κ1) is 22.5. The van der Waals surface area contributed by atoms with Gasteiger partial charge in [-0.2, -0.15) is 10.2 Å². The number of aromatic nitrogens is 5. The maximum atomic E-state index is 13.0. The molecule has 5 rings (SSSR count). The van der Waals surface area contributed by atoms with Crippen LogP contribution in [0.2, 0.25) is 5.02 Å². The lowest BCUT2D eigenvalue weighted by atomic mass is 10.2. The van der Waals surface area contributed by atoms with Crippen molar-refractivity contribution in [3.8, 4) is 11.4 Å². The number of nitrogens with zero attached hydrogens (tertiary/aromatic N) is 5. The Bertz CT molecular complexity index is 1590. The van der Waals surface area contributed by atoms with Crippen LogP contribution in [0.5, 0.6) is 0 Å². The highest BCUT2D eigenvalue weighted by atomic mass is 79.9. The molecule has 0 atom stereocenters. The minimum atomic E-state index is -0.500. The molecule has 0 radical (unpaired) electrons. The number of halogens is 2. The lowest BCUT2D eigenvalue weighted by Crippen LogP contribution is -2.12. The van der Waals surface area contributed by atoms with E-state index in [2.05, 4.69) is 36.4 Å². The number of methoxy groups -OCH3 is 1. The molecule has 0 saturated carbocycles. The van der Waals surface area contributed by atoms with E-state index >= 15 is 0 Å². The first-order chi connectivity index (χ1) is 16.4. The zero-order valence-corrected chi connectivity index (χ0v) is 21.0. The summed E-state index contributed by atoms with van der Waals surface area (Å²) in [6.45, 7) is 2.72. The molecule has 0 aliphatic carbocycles. The molecule has 4 heterocycles. The molecule has 5 aromatic rings. The molecule has 0 saturated heterocycles. The van der Waals surface area contributed by atoms with Crippen LogP contribution in [0.25, 0.3) is 27.1 Å². The third-order valence-corrected chi connectivity index (χ3v) is 7.35. The summed E-state index contributed by atoms with van der Waals surface area (Å²) in [6, 6.07) is 8.63. The van der Waals surface area contributed by atoms with Gasteiger partial charge in [0, 0.05) is 40.8 Å². The van der Waals surface area contributed by atoms with Crippen LogP contribution in [0.1, 0.15) is 27.1 Å². The summed E-state index contributed by atoms with van der Waals surface area (Å²) in [4.78, 5) is 29.5. The van der Waals surface area contributed by atoms with Crippen molar-refractivity contribution in [1.29, 1.82) is 0 Å². The molecule has 0 bridgehead atoms. The number of anilines is 1. The average molecular weight is 560 g/mol. The third kappa shape index (κ3) is 3.85. The van der Waals surface area contributed by atoms with Gasteiger partial charge in [-0.25, -0.2) is 14.3 Å². The van der Waals surface area contributed by atoms with Gasteiger partial charge in [0.15, 0.2) is 11.3 Å². The van der Waals surface area contributed by atoms with Gasteiger partial charge in [-0.1, -0.05) is 11.6 Å². The maximum absolute atomic E-state index is 13.0. The number of aryl methyl sites for hydroxylation is 1. The fraction of sp³-hybridized carbons (Fsp3) is 0.136.